The SMILES string of the molecule is CCCC1C(=O)CC(=O)CC1(C)C. The van der Waals surface area contributed by atoms with E-state index in [-0.39, 0.29) is 29.3 Å². The Morgan fingerprint density at radius 1 is 1.38 bits per heavy atom. The van der Waals surface area contributed by atoms with Crippen LogP contribution in [-0.2, 0) is 9.59 Å². The topological polar surface area (TPSA) is 34.1 Å². The molecule has 0 bridgehead atoms. The second-order valence-corrected chi connectivity index (χ2v) is 4.69. The number of hydrogen-bond donors (Lipinski definition) is 0. The van der Waals surface area contributed by atoms with Crippen molar-refractivity contribution in [2.75, 3.05) is 0 Å². The van der Waals surface area contributed by atoms with E-state index < -0.39 is 0 Å². The normalized spacial score (nSPS) is 27.8. The van der Waals surface area contributed by atoms with Gasteiger partial charge >= 0.3 is 0 Å². The molecule has 0 aromatic heterocycles. The molecule has 13 heavy (non-hydrogen) atoms. The van der Waals surface area contributed by atoms with Crippen molar-refractivity contribution in [2.24, 2.45) is 11.3 Å². The van der Waals surface area contributed by atoms with Crippen LogP contribution in [-0.4, -0.2) is 11.6 Å². The van der Waals surface area contributed by atoms with E-state index in [0.29, 0.717) is 6.42 Å². The minimum Gasteiger partial charge on any atom is -0.299 e. The third kappa shape index (κ3) is 2.17. The van der Waals surface area contributed by atoms with Gasteiger partial charge in [-0.3, -0.25) is 9.59 Å². The van der Waals surface area contributed by atoms with Crippen LogP contribution in [0.25, 0.3) is 0 Å². The predicted octanol–water partition coefficient (Wildman–Crippen LogP) is 2.36. The molecule has 1 fully saturated rings. The molecule has 0 heterocycles. The van der Waals surface area contributed by atoms with Crippen molar-refractivity contribution in [1.82, 2.24) is 0 Å². The minimum atomic E-state index is -0.109. The molecule has 1 unspecified atom stereocenters. The second kappa shape index (κ2) is 3.60. The molecule has 0 N–H and O–H groups in total. The molecular formula is C11H18O2. The summed E-state index contributed by atoms with van der Waals surface area (Å²) in [6, 6.07) is 0. The molecule has 0 aromatic carbocycles. The zero-order valence-electron chi connectivity index (χ0n) is 8.72. The van der Waals surface area contributed by atoms with Gasteiger partial charge in [-0.2, -0.15) is 0 Å². The van der Waals surface area contributed by atoms with Crippen LogP contribution in [0.15, 0.2) is 0 Å². The molecule has 0 aromatic rings. The molecule has 1 aliphatic carbocycles. The van der Waals surface area contributed by atoms with Crippen LogP contribution in [0.1, 0.15) is 46.5 Å². The first-order valence-electron chi connectivity index (χ1n) is 5.02. The van der Waals surface area contributed by atoms with Crippen molar-refractivity contribution in [3.63, 3.8) is 0 Å². The second-order valence-electron chi connectivity index (χ2n) is 4.69. The van der Waals surface area contributed by atoms with Gasteiger partial charge in [-0.25, -0.2) is 0 Å². The zero-order chi connectivity index (χ0) is 10.1. The fourth-order valence-electron chi connectivity index (χ4n) is 2.29. The maximum absolute atomic E-state index is 11.6. The molecule has 74 valence electrons. The van der Waals surface area contributed by atoms with Crippen LogP contribution in [0.5, 0.6) is 0 Å². The number of ketones is 2. The first-order chi connectivity index (χ1) is 5.97. The predicted molar refractivity (Wildman–Crippen MR) is 51.4 cm³/mol. The lowest BCUT2D eigenvalue weighted by molar-refractivity contribution is -0.138. The Balaban J connectivity index is 2.79. The molecule has 2 heteroatoms. The number of carbonyl (C=O) groups is 2. The summed E-state index contributed by atoms with van der Waals surface area (Å²) in [7, 11) is 0. The highest BCUT2D eigenvalue weighted by Gasteiger charge is 2.40. The summed E-state index contributed by atoms with van der Waals surface area (Å²) < 4.78 is 0. The van der Waals surface area contributed by atoms with Crippen molar-refractivity contribution < 1.29 is 9.59 Å². The van der Waals surface area contributed by atoms with Gasteiger partial charge < -0.3 is 0 Å². The Labute approximate surface area is 79.7 Å². The maximum Gasteiger partial charge on any atom is 0.143 e. The van der Waals surface area contributed by atoms with Gasteiger partial charge in [-0.05, 0) is 11.8 Å². The van der Waals surface area contributed by atoms with Crippen LogP contribution in [0.3, 0.4) is 0 Å². The Hall–Kier alpha value is -0.660. The zero-order valence-corrected chi connectivity index (χ0v) is 8.72. The Kier molecular flexibility index (Phi) is 2.89. The third-order valence-electron chi connectivity index (χ3n) is 2.93. The van der Waals surface area contributed by atoms with Gasteiger partial charge in [-0.15, -0.1) is 0 Å². The highest BCUT2D eigenvalue weighted by molar-refractivity contribution is 6.03. The lowest BCUT2D eigenvalue weighted by Crippen LogP contribution is -2.39. The molecule has 1 atom stereocenters. The van der Waals surface area contributed by atoms with Crippen molar-refractivity contribution in [3.05, 3.63) is 0 Å². The van der Waals surface area contributed by atoms with Crippen molar-refractivity contribution in [2.45, 2.75) is 46.5 Å². The van der Waals surface area contributed by atoms with E-state index in [4.69, 9.17) is 0 Å². The van der Waals surface area contributed by atoms with Gasteiger partial charge in [0.05, 0.1) is 6.42 Å². The summed E-state index contributed by atoms with van der Waals surface area (Å²) in [6.07, 6.45) is 2.70. The van der Waals surface area contributed by atoms with Gasteiger partial charge in [0.1, 0.15) is 11.6 Å². The first kappa shape index (κ1) is 10.4. The molecule has 2 nitrogen and oxygen atoms in total. The van der Waals surface area contributed by atoms with Crippen molar-refractivity contribution in [1.29, 1.82) is 0 Å². The molecule has 0 amide bonds. The summed E-state index contributed by atoms with van der Waals surface area (Å²) in [6.45, 7) is 6.14. The molecular weight excluding hydrogens is 164 g/mol. The van der Waals surface area contributed by atoms with Crippen LogP contribution in [0, 0.1) is 11.3 Å². The molecule has 1 aliphatic rings. The van der Waals surface area contributed by atoms with E-state index >= 15 is 0 Å². The quantitative estimate of drug-likeness (QED) is 0.614. The molecule has 1 saturated carbocycles. The lowest BCUT2D eigenvalue weighted by Gasteiger charge is -2.36. The number of hydrogen-bond acceptors (Lipinski definition) is 2. The van der Waals surface area contributed by atoms with Crippen molar-refractivity contribution in [3.8, 4) is 0 Å². The Morgan fingerprint density at radius 2 is 2.00 bits per heavy atom. The number of rotatable bonds is 2. The summed E-state index contributed by atoms with van der Waals surface area (Å²) in [4.78, 5) is 22.8. The fraction of sp³-hybridized carbons (Fsp3) is 0.818. The molecule has 1 rings (SSSR count). The summed E-state index contributed by atoms with van der Waals surface area (Å²) in [5, 5.41) is 0. The van der Waals surface area contributed by atoms with Gasteiger partial charge in [0.25, 0.3) is 0 Å². The van der Waals surface area contributed by atoms with E-state index in [1.54, 1.807) is 0 Å². The van der Waals surface area contributed by atoms with Gasteiger partial charge in [0.2, 0.25) is 0 Å². The average Bonchev–Trinajstić information content (AvgIpc) is 1.95. The van der Waals surface area contributed by atoms with E-state index in [1.165, 1.54) is 0 Å². The largest absolute Gasteiger partial charge is 0.299 e. The van der Waals surface area contributed by atoms with Crippen molar-refractivity contribution >= 4 is 11.6 Å². The average molecular weight is 182 g/mol. The van der Waals surface area contributed by atoms with E-state index in [1.807, 2.05) is 13.8 Å². The Bertz CT molecular complexity index is 228. The smallest absolute Gasteiger partial charge is 0.143 e. The van der Waals surface area contributed by atoms with Gasteiger partial charge in [0.15, 0.2) is 0 Å². The molecule has 0 saturated heterocycles. The monoisotopic (exact) mass is 182 g/mol. The highest BCUT2D eigenvalue weighted by Crippen LogP contribution is 2.39. The molecule has 0 aliphatic heterocycles. The molecule has 0 radical (unpaired) electrons. The summed E-state index contributed by atoms with van der Waals surface area (Å²) in [5.41, 5.74) is -0.109. The maximum atomic E-state index is 11.6. The summed E-state index contributed by atoms with van der Waals surface area (Å²) >= 11 is 0. The van der Waals surface area contributed by atoms with Crippen LogP contribution in [0.4, 0.5) is 0 Å². The molecule has 0 spiro atoms. The highest BCUT2D eigenvalue weighted by atomic mass is 16.1. The number of Topliss-reactive ketones (excluding diaryl/α,β-unsaturated/α-hetero) is 2. The van der Waals surface area contributed by atoms with E-state index in [2.05, 4.69) is 6.92 Å². The first-order valence-corrected chi connectivity index (χ1v) is 5.02. The van der Waals surface area contributed by atoms with E-state index in [0.717, 1.165) is 12.8 Å². The van der Waals surface area contributed by atoms with Crippen LogP contribution >= 0.6 is 0 Å². The third-order valence-corrected chi connectivity index (χ3v) is 2.93. The van der Waals surface area contributed by atoms with Gasteiger partial charge in [0, 0.05) is 12.3 Å². The number of carbonyl (C=O) groups excluding carboxylic acids is 2. The van der Waals surface area contributed by atoms with Crippen LogP contribution < -0.4 is 0 Å². The van der Waals surface area contributed by atoms with Gasteiger partial charge in [-0.1, -0.05) is 27.2 Å². The Morgan fingerprint density at radius 3 is 2.46 bits per heavy atom. The lowest BCUT2D eigenvalue weighted by atomic mass is 9.66. The van der Waals surface area contributed by atoms with E-state index in [9.17, 15) is 9.59 Å². The van der Waals surface area contributed by atoms with Crippen LogP contribution in [0.2, 0.25) is 0 Å². The summed E-state index contributed by atoms with van der Waals surface area (Å²) in [5.74, 6) is 0.376. The standard InChI is InChI=1S/C11H18O2/c1-4-5-9-10(13)6-8(12)7-11(9,2)3/h9H,4-7H2,1-3H3. The minimum absolute atomic E-state index is 0.107. The fourth-order valence-corrected chi connectivity index (χ4v) is 2.29.